The molecule has 42 heavy (non-hydrogen) atoms. The Labute approximate surface area is 251 Å². The van der Waals surface area contributed by atoms with Crippen molar-refractivity contribution in [1.29, 1.82) is 0 Å². The molecular formula is C32H39N3O6S. The lowest BCUT2D eigenvalue weighted by Crippen LogP contribution is -2.40. The van der Waals surface area contributed by atoms with E-state index < -0.39 is 24.2 Å². The molecule has 0 aromatic heterocycles. The Hall–Kier alpha value is -3.47. The highest BCUT2D eigenvalue weighted by Crippen LogP contribution is 2.46. The minimum atomic E-state index is -1.18. The minimum absolute atomic E-state index is 0.0368. The van der Waals surface area contributed by atoms with Crippen LogP contribution < -0.4 is 5.32 Å². The number of nitrogens with zero attached hydrogens (tertiary/aromatic N) is 2. The Bertz CT molecular complexity index is 1410. The number of carbonyl (C=O) groups excluding carboxylic acids is 3. The van der Waals surface area contributed by atoms with Crippen LogP contribution in [-0.4, -0.2) is 74.1 Å². The van der Waals surface area contributed by atoms with Gasteiger partial charge in [0.1, 0.15) is 12.0 Å². The molecule has 4 rings (SSSR count). The first kappa shape index (κ1) is 31.5. The molecule has 0 bridgehead atoms. The van der Waals surface area contributed by atoms with Crippen molar-refractivity contribution in [2.45, 2.75) is 77.4 Å². The van der Waals surface area contributed by atoms with E-state index in [9.17, 15) is 29.4 Å². The van der Waals surface area contributed by atoms with Crippen LogP contribution in [0.2, 0.25) is 0 Å². The summed E-state index contributed by atoms with van der Waals surface area (Å²) in [5, 5.41) is 23.1. The number of likely N-dealkylation sites (tertiary alicyclic amines) is 1. The molecule has 2 aromatic carbocycles. The van der Waals surface area contributed by atoms with E-state index in [-0.39, 0.29) is 35.1 Å². The van der Waals surface area contributed by atoms with Gasteiger partial charge in [-0.3, -0.25) is 19.3 Å². The number of nitrogens with one attached hydrogen (secondary N) is 1. The van der Waals surface area contributed by atoms with Crippen molar-refractivity contribution in [3.8, 4) is 0 Å². The number of aliphatic hydroxyl groups excluding tert-OH is 1. The highest BCUT2D eigenvalue weighted by molar-refractivity contribution is 8.03. The quantitative estimate of drug-likeness (QED) is 0.347. The second-order valence-electron chi connectivity index (χ2n) is 11.4. The predicted molar refractivity (Wildman–Crippen MR) is 163 cm³/mol. The summed E-state index contributed by atoms with van der Waals surface area (Å²) in [6.45, 7) is 10.1. The lowest BCUT2D eigenvalue weighted by atomic mass is 9.98. The van der Waals surface area contributed by atoms with Crippen molar-refractivity contribution in [2.75, 3.05) is 11.9 Å². The molecule has 5 atom stereocenters. The van der Waals surface area contributed by atoms with Gasteiger partial charge in [0.15, 0.2) is 0 Å². The Kier molecular flexibility index (Phi) is 9.91. The summed E-state index contributed by atoms with van der Waals surface area (Å²) >= 11 is 1.42. The molecule has 2 heterocycles. The molecular weight excluding hydrogens is 554 g/mol. The molecule has 2 aromatic rings. The molecule has 0 spiro atoms. The first-order valence-electron chi connectivity index (χ1n) is 14.2. The highest BCUT2D eigenvalue weighted by Gasteiger charge is 2.46. The molecule has 0 radical (unpaired) electrons. The molecule has 1 fully saturated rings. The van der Waals surface area contributed by atoms with E-state index in [1.165, 1.54) is 23.6 Å². The van der Waals surface area contributed by atoms with Crippen LogP contribution in [0.3, 0.4) is 0 Å². The van der Waals surface area contributed by atoms with Crippen LogP contribution in [0, 0.1) is 19.8 Å². The summed E-state index contributed by atoms with van der Waals surface area (Å²) in [5.41, 5.74) is 4.39. The lowest BCUT2D eigenvalue weighted by molar-refractivity contribution is -0.140. The molecule has 224 valence electrons. The van der Waals surface area contributed by atoms with Gasteiger partial charge in [-0.15, -0.1) is 11.8 Å². The van der Waals surface area contributed by atoms with Crippen molar-refractivity contribution >= 4 is 41.5 Å². The molecule has 9 nitrogen and oxygen atoms in total. The number of anilines is 1. The van der Waals surface area contributed by atoms with Crippen molar-refractivity contribution in [3.05, 3.63) is 75.3 Å². The number of carboxylic acid groups (broad SMARTS) is 1. The van der Waals surface area contributed by atoms with E-state index in [2.05, 4.69) is 36.2 Å². The van der Waals surface area contributed by atoms with Gasteiger partial charge in [0.05, 0.1) is 12.1 Å². The summed E-state index contributed by atoms with van der Waals surface area (Å²) in [7, 11) is 0. The van der Waals surface area contributed by atoms with Gasteiger partial charge >= 0.3 is 5.97 Å². The first-order chi connectivity index (χ1) is 19.9. The number of aldehydes is 1. The Morgan fingerprint density at radius 2 is 1.88 bits per heavy atom. The van der Waals surface area contributed by atoms with Crippen LogP contribution in [0.1, 0.15) is 60.7 Å². The number of rotatable bonds is 10. The van der Waals surface area contributed by atoms with Crippen LogP contribution in [0.15, 0.2) is 53.1 Å². The molecule has 3 N–H and O–H groups in total. The number of carbonyl (C=O) groups is 4. The summed E-state index contributed by atoms with van der Waals surface area (Å²) in [6.07, 6.45) is 0.759. The average Bonchev–Trinajstić information content (AvgIpc) is 3.45. The number of thioether (sulfide) groups is 1. The number of hydrogen-bond donors (Lipinski definition) is 3. The average molecular weight is 594 g/mol. The second kappa shape index (κ2) is 13.2. The van der Waals surface area contributed by atoms with Crippen molar-refractivity contribution in [1.82, 2.24) is 9.80 Å². The second-order valence-corrected chi connectivity index (χ2v) is 12.7. The van der Waals surface area contributed by atoms with E-state index in [1.54, 1.807) is 31.2 Å². The molecule has 0 unspecified atom stereocenters. The summed E-state index contributed by atoms with van der Waals surface area (Å²) < 4.78 is 0. The zero-order valence-electron chi connectivity index (χ0n) is 24.7. The zero-order valence-corrected chi connectivity index (χ0v) is 25.5. The van der Waals surface area contributed by atoms with Gasteiger partial charge in [0.2, 0.25) is 11.8 Å². The van der Waals surface area contributed by atoms with Crippen molar-refractivity contribution in [2.24, 2.45) is 5.92 Å². The monoisotopic (exact) mass is 593 g/mol. The van der Waals surface area contributed by atoms with Gasteiger partial charge in [-0.2, -0.15) is 0 Å². The maximum atomic E-state index is 13.7. The normalized spacial score (nSPS) is 23.2. The smallest absolute Gasteiger partial charge is 0.353 e. The highest BCUT2D eigenvalue weighted by atomic mass is 32.2. The fraction of sp³-hybridized carbons (Fsp3) is 0.438. The minimum Gasteiger partial charge on any atom is -0.477 e. The third kappa shape index (κ3) is 6.77. The predicted octanol–water partition coefficient (Wildman–Crippen LogP) is 4.36. The molecule has 10 heteroatoms. The molecule has 2 aliphatic rings. The molecule has 0 aliphatic carbocycles. The van der Waals surface area contributed by atoms with Crippen molar-refractivity contribution in [3.63, 3.8) is 0 Å². The summed E-state index contributed by atoms with van der Waals surface area (Å²) in [5.74, 6) is -2.04. The van der Waals surface area contributed by atoms with Gasteiger partial charge in [0, 0.05) is 53.4 Å². The van der Waals surface area contributed by atoms with Crippen molar-refractivity contribution < 1.29 is 29.4 Å². The molecule has 2 aliphatic heterocycles. The fourth-order valence-electron chi connectivity index (χ4n) is 6.01. The summed E-state index contributed by atoms with van der Waals surface area (Å²) in [4.78, 5) is 54.0. The maximum absolute atomic E-state index is 13.7. The number of carboxylic acids is 1. The zero-order chi connectivity index (χ0) is 30.7. The topological polar surface area (TPSA) is 127 Å². The van der Waals surface area contributed by atoms with Crippen LogP contribution in [0.4, 0.5) is 5.69 Å². The lowest BCUT2D eigenvalue weighted by Gasteiger charge is -2.28. The third-order valence-electron chi connectivity index (χ3n) is 8.26. The standard InChI is InChI=1S/C32H39N3O6S/c1-18-8-6-10-24(20(18)3)15-34-16-26(14-28(34)31(39)33-25-11-7-9-23(13-25)17-36)42-30-21(4)27(12-19(2)37)35(22(5)38)29(30)32(40)41/h6-11,13,17,19,21,26-28,37H,12,14-16H2,1-5H3,(H,33,39)(H,40,41)/t19-,21-,26+,27+,28+/m1/s1. The largest absolute Gasteiger partial charge is 0.477 e. The van der Waals surface area contributed by atoms with E-state index >= 15 is 0 Å². The molecule has 0 saturated carbocycles. The number of benzene rings is 2. The number of aliphatic carboxylic acids is 1. The van der Waals surface area contributed by atoms with E-state index in [1.807, 2.05) is 13.0 Å². The Morgan fingerprint density at radius 3 is 2.52 bits per heavy atom. The number of hydrogen-bond acceptors (Lipinski definition) is 7. The fourth-order valence-corrected chi connectivity index (χ4v) is 7.58. The van der Waals surface area contributed by atoms with Gasteiger partial charge in [-0.05, 0) is 62.4 Å². The van der Waals surface area contributed by atoms with Crippen LogP contribution in [0.25, 0.3) is 0 Å². The van der Waals surface area contributed by atoms with E-state index in [0.717, 1.165) is 23.0 Å². The summed E-state index contributed by atoms with van der Waals surface area (Å²) in [6, 6.07) is 11.9. The van der Waals surface area contributed by atoms with Gasteiger partial charge in [-0.1, -0.05) is 37.3 Å². The Morgan fingerprint density at radius 1 is 1.17 bits per heavy atom. The van der Waals surface area contributed by atoms with Gasteiger partial charge < -0.3 is 20.4 Å². The molecule has 2 amide bonds. The number of amides is 2. The van der Waals surface area contributed by atoms with E-state index in [4.69, 9.17) is 0 Å². The Balaban J connectivity index is 1.64. The number of aliphatic hydroxyl groups is 1. The number of aryl methyl sites for hydroxylation is 1. The van der Waals surface area contributed by atoms with Crippen LogP contribution in [-0.2, 0) is 20.9 Å². The van der Waals surface area contributed by atoms with Gasteiger partial charge in [-0.25, -0.2) is 4.79 Å². The SMILES string of the molecule is CC(=O)N1C(C(=O)O)=C(S[C@H]2C[C@@H](C(=O)Nc3cccc(C=O)c3)N(Cc3cccc(C)c3C)C2)[C@H](C)[C@@H]1C[C@@H](C)O. The maximum Gasteiger partial charge on any atom is 0.353 e. The first-order valence-corrected chi connectivity index (χ1v) is 15.1. The molecule has 1 saturated heterocycles. The van der Waals surface area contributed by atoms with E-state index in [0.29, 0.717) is 35.7 Å². The third-order valence-corrected chi connectivity index (χ3v) is 9.76. The van der Waals surface area contributed by atoms with Crippen LogP contribution in [0.5, 0.6) is 0 Å². The van der Waals surface area contributed by atoms with Gasteiger partial charge in [0.25, 0.3) is 0 Å². The van der Waals surface area contributed by atoms with Crippen LogP contribution >= 0.6 is 11.8 Å².